The first-order valence-electron chi connectivity index (χ1n) is 7.38. The number of carbonyl (C=O) groups is 1. The number of benzene rings is 1. The molecule has 2 amide bonds. The Labute approximate surface area is 139 Å². The van der Waals surface area contributed by atoms with Crippen LogP contribution in [0.3, 0.4) is 0 Å². The van der Waals surface area contributed by atoms with Gasteiger partial charge >= 0.3 is 6.03 Å². The Morgan fingerprint density at radius 3 is 2.83 bits per heavy atom. The minimum Gasteiger partial charge on any atom is -0.387 e. The Hall–Kier alpha value is -1.41. The molecule has 0 bridgehead atoms. The number of amides is 2. The van der Waals surface area contributed by atoms with Crippen LogP contribution in [-0.4, -0.2) is 61.0 Å². The van der Waals surface area contributed by atoms with Gasteiger partial charge in [0.2, 0.25) is 0 Å². The minimum absolute atomic E-state index is 0.0784. The highest BCUT2D eigenvalue weighted by Gasteiger charge is 2.25. The average Bonchev–Trinajstić information content (AvgIpc) is 2.49. The fourth-order valence-corrected chi connectivity index (χ4v) is 2.54. The maximum Gasteiger partial charge on any atom is 0.319 e. The molecule has 1 aromatic carbocycles. The predicted octanol–water partition coefficient (Wildman–Crippen LogP) is 1.68. The normalized spacial score (nSPS) is 18.3. The number of nitrogens with one attached hydrogen (secondary N) is 2. The van der Waals surface area contributed by atoms with Crippen LogP contribution >= 0.6 is 11.6 Å². The van der Waals surface area contributed by atoms with Crippen molar-refractivity contribution < 1.29 is 19.0 Å². The number of halogens is 2. The summed E-state index contributed by atoms with van der Waals surface area (Å²) >= 11 is 5.84. The molecule has 1 fully saturated rings. The number of aliphatic hydroxyl groups is 1. The van der Waals surface area contributed by atoms with E-state index in [0.29, 0.717) is 25.4 Å². The molecule has 3 N–H and O–H groups in total. The fourth-order valence-electron chi connectivity index (χ4n) is 2.32. The Balaban J connectivity index is 1.80. The second-order valence-electron chi connectivity index (χ2n) is 5.82. The van der Waals surface area contributed by atoms with Crippen LogP contribution in [0.25, 0.3) is 0 Å². The number of morpholine rings is 1. The summed E-state index contributed by atoms with van der Waals surface area (Å²) in [5.41, 5.74) is -0.764. The number of carbonyl (C=O) groups excluding carboxylic acids is 1. The van der Waals surface area contributed by atoms with E-state index in [1.165, 1.54) is 12.1 Å². The van der Waals surface area contributed by atoms with Gasteiger partial charge in [0.1, 0.15) is 5.82 Å². The van der Waals surface area contributed by atoms with E-state index in [2.05, 4.69) is 15.5 Å². The van der Waals surface area contributed by atoms with Gasteiger partial charge in [-0.05, 0) is 25.1 Å². The van der Waals surface area contributed by atoms with Crippen LogP contribution in [0.1, 0.15) is 6.92 Å². The summed E-state index contributed by atoms with van der Waals surface area (Å²) in [6, 6.07) is 3.19. The Kier molecular flexibility index (Phi) is 6.17. The Morgan fingerprint density at radius 1 is 1.48 bits per heavy atom. The Morgan fingerprint density at radius 2 is 2.17 bits per heavy atom. The molecule has 1 aliphatic heterocycles. The maximum absolute atomic E-state index is 13.0. The van der Waals surface area contributed by atoms with E-state index in [-0.39, 0.29) is 11.6 Å². The number of hydrogen-bond acceptors (Lipinski definition) is 4. The van der Waals surface area contributed by atoms with Gasteiger partial charge in [0.05, 0.1) is 29.5 Å². The predicted molar refractivity (Wildman–Crippen MR) is 86.3 cm³/mol. The number of ether oxygens (including phenoxy) is 1. The van der Waals surface area contributed by atoms with E-state index in [1.807, 2.05) is 0 Å². The molecule has 1 heterocycles. The topological polar surface area (TPSA) is 73.8 Å². The molecule has 1 aliphatic rings. The zero-order chi connectivity index (χ0) is 16.9. The number of hydrogen-bond donors (Lipinski definition) is 3. The van der Waals surface area contributed by atoms with E-state index in [0.717, 1.165) is 19.2 Å². The van der Waals surface area contributed by atoms with Gasteiger partial charge in [-0.3, -0.25) is 4.90 Å². The molecule has 23 heavy (non-hydrogen) atoms. The molecule has 1 saturated heterocycles. The molecule has 0 radical (unpaired) electrons. The van der Waals surface area contributed by atoms with Crippen LogP contribution in [0.5, 0.6) is 0 Å². The van der Waals surface area contributed by atoms with Gasteiger partial charge in [0, 0.05) is 26.2 Å². The van der Waals surface area contributed by atoms with Gasteiger partial charge in [-0.2, -0.15) is 0 Å². The molecule has 6 nitrogen and oxygen atoms in total. The van der Waals surface area contributed by atoms with Gasteiger partial charge < -0.3 is 20.5 Å². The molecule has 0 aliphatic carbocycles. The van der Waals surface area contributed by atoms with Crippen molar-refractivity contribution in [2.75, 3.05) is 44.7 Å². The van der Waals surface area contributed by atoms with E-state index in [9.17, 15) is 14.3 Å². The van der Waals surface area contributed by atoms with Crippen LogP contribution in [0.2, 0.25) is 5.02 Å². The van der Waals surface area contributed by atoms with Crippen LogP contribution in [0.4, 0.5) is 14.9 Å². The van der Waals surface area contributed by atoms with E-state index in [1.54, 1.807) is 6.92 Å². The summed E-state index contributed by atoms with van der Waals surface area (Å²) < 4.78 is 18.2. The highest BCUT2D eigenvalue weighted by Crippen LogP contribution is 2.22. The largest absolute Gasteiger partial charge is 0.387 e. The van der Waals surface area contributed by atoms with E-state index < -0.39 is 17.4 Å². The van der Waals surface area contributed by atoms with Gasteiger partial charge in [-0.1, -0.05) is 11.6 Å². The van der Waals surface area contributed by atoms with Crippen LogP contribution < -0.4 is 10.6 Å². The molecular weight excluding hydrogens is 325 g/mol. The molecule has 0 saturated carbocycles. The van der Waals surface area contributed by atoms with Gasteiger partial charge in [0.15, 0.2) is 0 Å². The average molecular weight is 346 g/mol. The summed E-state index contributed by atoms with van der Waals surface area (Å²) in [7, 11) is 0. The van der Waals surface area contributed by atoms with E-state index in [4.69, 9.17) is 16.3 Å². The number of β-amino-alcohol motifs (C(OH)–C–C–N with tert-alkyl or cyclic N) is 1. The maximum atomic E-state index is 13.0. The van der Waals surface area contributed by atoms with Gasteiger partial charge in [-0.25, -0.2) is 9.18 Å². The van der Waals surface area contributed by atoms with Crippen molar-refractivity contribution in [3.8, 4) is 0 Å². The number of urea groups is 1. The highest BCUT2D eigenvalue weighted by molar-refractivity contribution is 6.33. The first-order valence-corrected chi connectivity index (χ1v) is 7.76. The van der Waals surface area contributed by atoms with Crippen molar-refractivity contribution in [3.05, 3.63) is 29.0 Å². The standard InChI is InChI=1S/C15H21ClFN3O3/c1-15(22,10-20-4-6-23-7-5-20)9-18-14(21)19-13-3-2-11(17)8-12(13)16/h2-3,8,22H,4-7,9-10H2,1H3,(H2,18,19,21). The van der Waals surface area contributed by atoms with Crippen LogP contribution in [0.15, 0.2) is 18.2 Å². The monoisotopic (exact) mass is 345 g/mol. The lowest BCUT2D eigenvalue weighted by molar-refractivity contribution is -0.0205. The molecule has 1 unspecified atom stereocenters. The first kappa shape index (κ1) is 17.9. The molecule has 8 heteroatoms. The van der Waals surface area contributed by atoms with Gasteiger partial charge in [0.25, 0.3) is 0 Å². The van der Waals surface area contributed by atoms with Crippen molar-refractivity contribution in [2.45, 2.75) is 12.5 Å². The van der Waals surface area contributed by atoms with Crippen LogP contribution in [0, 0.1) is 5.82 Å². The third-order valence-corrected chi connectivity index (χ3v) is 3.79. The second-order valence-corrected chi connectivity index (χ2v) is 6.22. The Bertz CT molecular complexity index is 551. The molecule has 0 spiro atoms. The smallest absolute Gasteiger partial charge is 0.319 e. The fraction of sp³-hybridized carbons (Fsp3) is 0.533. The quantitative estimate of drug-likeness (QED) is 0.759. The number of anilines is 1. The summed E-state index contributed by atoms with van der Waals surface area (Å²) in [6.45, 7) is 4.98. The lowest BCUT2D eigenvalue weighted by Crippen LogP contribution is -2.51. The summed E-state index contributed by atoms with van der Waals surface area (Å²) in [6.07, 6.45) is 0. The van der Waals surface area contributed by atoms with Crippen molar-refractivity contribution in [1.82, 2.24) is 10.2 Å². The van der Waals surface area contributed by atoms with Crippen molar-refractivity contribution in [3.63, 3.8) is 0 Å². The molecule has 0 aromatic heterocycles. The second kappa shape index (κ2) is 7.92. The van der Waals surface area contributed by atoms with E-state index >= 15 is 0 Å². The van der Waals surface area contributed by atoms with Gasteiger partial charge in [-0.15, -0.1) is 0 Å². The zero-order valence-corrected chi connectivity index (χ0v) is 13.7. The zero-order valence-electron chi connectivity index (χ0n) is 12.9. The summed E-state index contributed by atoms with van der Waals surface area (Å²) in [5, 5.41) is 15.6. The first-order chi connectivity index (χ1) is 10.9. The molecule has 128 valence electrons. The molecule has 2 rings (SSSR count). The molecular formula is C15H21ClFN3O3. The van der Waals surface area contributed by atoms with Crippen LogP contribution in [-0.2, 0) is 4.74 Å². The molecule has 1 aromatic rings. The molecule has 1 atom stereocenters. The summed E-state index contributed by atoms with van der Waals surface area (Å²) in [5.74, 6) is -0.477. The number of nitrogens with zero attached hydrogens (tertiary/aromatic N) is 1. The lowest BCUT2D eigenvalue weighted by atomic mass is 10.1. The lowest BCUT2D eigenvalue weighted by Gasteiger charge is -2.33. The van der Waals surface area contributed by atoms with Crippen molar-refractivity contribution >= 4 is 23.3 Å². The minimum atomic E-state index is -1.07. The third-order valence-electron chi connectivity index (χ3n) is 3.48. The third kappa shape index (κ3) is 5.95. The van der Waals surface area contributed by atoms with Crippen molar-refractivity contribution in [1.29, 1.82) is 0 Å². The number of rotatable bonds is 5. The summed E-state index contributed by atoms with van der Waals surface area (Å²) in [4.78, 5) is 14.0. The SMILES string of the molecule is CC(O)(CNC(=O)Nc1ccc(F)cc1Cl)CN1CCOCC1. The van der Waals surface area contributed by atoms with Crippen molar-refractivity contribution in [2.24, 2.45) is 0 Å². The highest BCUT2D eigenvalue weighted by atomic mass is 35.5.